The van der Waals surface area contributed by atoms with Crippen LogP contribution in [0.15, 0.2) is 77.0 Å². The SMILES string of the molecule is Cc1ccc(S(=O)(=O)[C@H](NC(=O)c2ccccc2)C(=O)N2CCN(C(=O)c3cccs3)CC2)cc1. The molecule has 1 aliphatic rings. The van der Waals surface area contributed by atoms with Crippen molar-refractivity contribution in [1.29, 1.82) is 0 Å². The first-order valence-corrected chi connectivity index (χ1v) is 13.5. The Kier molecular flexibility index (Phi) is 7.32. The zero-order valence-electron chi connectivity index (χ0n) is 19.1. The third kappa shape index (κ3) is 5.44. The van der Waals surface area contributed by atoms with E-state index in [9.17, 15) is 22.8 Å². The van der Waals surface area contributed by atoms with Crippen LogP contribution < -0.4 is 5.32 Å². The van der Waals surface area contributed by atoms with Crippen LogP contribution in [0.3, 0.4) is 0 Å². The molecular formula is C25H25N3O5S2. The van der Waals surface area contributed by atoms with Crippen molar-refractivity contribution in [3.05, 3.63) is 88.1 Å². The van der Waals surface area contributed by atoms with E-state index in [0.29, 0.717) is 4.88 Å². The smallest absolute Gasteiger partial charge is 0.264 e. The molecule has 1 atom stereocenters. The van der Waals surface area contributed by atoms with Crippen LogP contribution in [0.5, 0.6) is 0 Å². The maximum absolute atomic E-state index is 13.5. The van der Waals surface area contributed by atoms with E-state index in [0.717, 1.165) is 5.56 Å². The molecule has 4 rings (SSSR count). The maximum atomic E-state index is 13.5. The van der Waals surface area contributed by atoms with Gasteiger partial charge in [0.15, 0.2) is 0 Å². The van der Waals surface area contributed by atoms with Gasteiger partial charge in [0, 0.05) is 31.7 Å². The Labute approximate surface area is 208 Å². The summed E-state index contributed by atoms with van der Waals surface area (Å²) in [6.07, 6.45) is 0. The quantitative estimate of drug-likeness (QED) is 0.548. The lowest BCUT2D eigenvalue weighted by Gasteiger charge is -2.36. The lowest BCUT2D eigenvalue weighted by atomic mass is 10.2. The van der Waals surface area contributed by atoms with Gasteiger partial charge in [-0.1, -0.05) is 42.0 Å². The number of sulfone groups is 1. The van der Waals surface area contributed by atoms with Gasteiger partial charge in [0.05, 0.1) is 9.77 Å². The second kappa shape index (κ2) is 10.4. The van der Waals surface area contributed by atoms with Crippen molar-refractivity contribution in [3.63, 3.8) is 0 Å². The van der Waals surface area contributed by atoms with E-state index >= 15 is 0 Å². The number of piperazine rings is 1. The summed E-state index contributed by atoms with van der Waals surface area (Å²) in [5.41, 5.74) is 1.11. The minimum Gasteiger partial charge on any atom is -0.336 e. The first-order valence-electron chi connectivity index (χ1n) is 11.1. The molecule has 1 saturated heterocycles. The normalized spacial score (nSPS) is 14.9. The molecule has 1 fully saturated rings. The Balaban J connectivity index is 1.56. The molecule has 0 bridgehead atoms. The molecule has 0 saturated carbocycles. The van der Waals surface area contributed by atoms with Gasteiger partial charge < -0.3 is 15.1 Å². The van der Waals surface area contributed by atoms with Crippen LogP contribution in [0.4, 0.5) is 0 Å². The highest BCUT2D eigenvalue weighted by Gasteiger charge is 2.39. The molecule has 0 aliphatic carbocycles. The number of hydrogen-bond acceptors (Lipinski definition) is 6. The number of hydrogen-bond donors (Lipinski definition) is 1. The fourth-order valence-electron chi connectivity index (χ4n) is 3.78. The zero-order chi connectivity index (χ0) is 25.0. The predicted molar refractivity (Wildman–Crippen MR) is 133 cm³/mol. The third-order valence-corrected chi connectivity index (χ3v) is 8.52. The fraction of sp³-hybridized carbons (Fsp3) is 0.240. The van der Waals surface area contributed by atoms with Gasteiger partial charge in [-0.15, -0.1) is 11.3 Å². The number of carbonyl (C=O) groups excluding carboxylic acids is 3. The number of nitrogens with zero attached hydrogens (tertiary/aromatic N) is 2. The molecule has 1 aliphatic heterocycles. The van der Waals surface area contributed by atoms with Crippen molar-refractivity contribution in [1.82, 2.24) is 15.1 Å². The Morgan fingerprint density at radius 3 is 2.09 bits per heavy atom. The number of benzene rings is 2. The zero-order valence-corrected chi connectivity index (χ0v) is 20.7. The van der Waals surface area contributed by atoms with Gasteiger partial charge in [0.1, 0.15) is 0 Å². The van der Waals surface area contributed by atoms with Gasteiger partial charge in [-0.05, 0) is 42.6 Å². The van der Waals surface area contributed by atoms with E-state index in [1.165, 1.54) is 28.4 Å². The van der Waals surface area contributed by atoms with Gasteiger partial charge in [0.25, 0.3) is 17.7 Å². The van der Waals surface area contributed by atoms with E-state index in [-0.39, 0.29) is 42.5 Å². The summed E-state index contributed by atoms with van der Waals surface area (Å²) in [6.45, 7) is 2.69. The molecule has 2 aromatic carbocycles. The topological polar surface area (TPSA) is 104 Å². The molecule has 1 N–H and O–H groups in total. The molecule has 3 amide bonds. The molecule has 35 heavy (non-hydrogen) atoms. The van der Waals surface area contributed by atoms with Crippen LogP contribution in [0.1, 0.15) is 25.6 Å². The maximum Gasteiger partial charge on any atom is 0.264 e. The Morgan fingerprint density at radius 2 is 1.49 bits per heavy atom. The molecular weight excluding hydrogens is 486 g/mol. The van der Waals surface area contributed by atoms with Gasteiger partial charge in [0.2, 0.25) is 15.2 Å². The van der Waals surface area contributed by atoms with Gasteiger partial charge in [-0.2, -0.15) is 0 Å². The van der Waals surface area contributed by atoms with Gasteiger partial charge >= 0.3 is 0 Å². The van der Waals surface area contributed by atoms with Gasteiger partial charge in [-0.25, -0.2) is 8.42 Å². The second-order valence-electron chi connectivity index (χ2n) is 8.17. The third-order valence-electron chi connectivity index (χ3n) is 5.79. The van der Waals surface area contributed by atoms with Crippen molar-refractivity contribution in [2.75, 3.05) is 26.2 Å². The van der Waals surface area contributed by atoms with Crippen molar-refractivity contribution < 1.29 is 22.8 Å². The Hall–Kier alpha value is -3.50. The molecule has 182 valence electrons. The summed E-state index contributed by atoms with van der Waals surface area (Å²) in [6, 6.07) is 17.8. The molecule has 0 unspecified atom stereocenters. The highest BCUT2D eigenvalue weighted by molar-refractivity contribution is 7.92. The largest absolute Gasteiger partial charge is 0.336 e. The summed E-state index contributed by atoms with van der Waals surface area (Å²) >= 11 is 1.34. The lowest BCUT2D eigenvalue weighted by molar-refractivity contribution is -0.132. The number of amides is 3. The molecule has 10 heteroatoms. The number of aryl methyl sites for hydroxylation is 1. The molecule has 2 heterocycles. The predicted octanol–water partition coefficient (Wildman–Crippen LogP) is 2.57. The second-order valence-corrected chi connectivity index (χ2v) is 11.2. The summed E-state index contributed by atoms with van der Waals surface area (Å²) < 4.78 is 27.0. The highest BCUT2D eigenvalue weighted by Crippen LogP contribution is 2.20. The van der Waals surface area contributed by atoms with Crippen molar-refractivity contribution in [2.45, 2.75) is 17.2 Å². The Bertz CT molecular complexity index is 1300. The van der Waals surface area contributed by atoms with Crippen LogP contribution in [-0.2, 0) is 14.6 Å². The summed E-state index contributed by atoms with van der Waals surface area (Å²) in [7, 11) is -4.24. The standard InChI is InChI=1S/C25H25N3O5S2/c1-18-9-11-20(12-10-18)35(32,33)23(26-22(29)19-6-3-2-4-7-19)25(31)28-15-13-27(14-16-28)24(30)21-8-5-17-34-21/h2-12,17,23H,13-16H2,1H3,(H,26,29)/t23-/m0/s1. The van der Waals surface area contributed by atoms with Crippen molar-refractivity contribution >= 4 is 38.9 Å². The summed E-state index contributed by atoms with van der Waals surface area (Å²) in [4.78, 5) is 42.5. The Morgan fingerprint density at radius 1 is 0.857 bits per heavy atom. The summed E-state index contributed by atoms with van der Waals surface area (Å²) in [5, 5.41) is 2.47. The van der Waals surface area contributed by atoms with E-state index < -0.39 is 27.0 Å². The fourth-order valence-corrected chi connectivity index (χ4v) is 5.93. The summed E-state index contributed by atoms with van der Waals surface area (Å²) in [5.74, 6) is -1.50. The van der Waals surface area contributed by atoms with Gasteiger partial charge in [-0.3, -0.25) is 14.4 Å². The van der Waals surface area contributed by atoms with Crippen LogP contribution in [0, 0.1) is 6.92 Å². The van der Waals surface area contributed by atoms with Crippen LogP contribution in [-0.4, -0.2) is 67.5 Å². The van der Waals surface area contributed by atoms with Crippen molar-refractivity contribution in [3.8, 4) is 0 Å². The molecule has 3 aromatic rings. The number of nitrogens with one attached hydrogen (secondary N) is 1. The lowest BCUT2D eigenvalue weighted by Crippen LogP contribution is -2.57. The van der Waals surface area contributed by atoms with E-state index in [1.807, 2.05) is 12.3 Å². The van der Waals surface area contributed by atoms with Crippen LogP contribution >= 0.6 is 11.3 Å². The van der Waals surface area contributed by atoms with E-state index in [2.05, 4.69) is 5.32 Å². The number of rotatable bonds is 6. The first kappa shape index (κ1) is 24.6. The molecule has 0 spiro atoms. The minimum atomic E-state index is -4.24. The van der Waals surface area contributed by atoms with E-state index in [4.69, 9.17) is 0 Å². The van der Waals surface area contributed by atoms with Crippen molar-refractivity contribution in [2.24, 2.45) is 0 Å². The van der Waals surface area contributed by atoms with Crippen LogP contribution in [0.25, 0.3) is 0 Å². The number of thiophene rings is 1. The number of carbonyl (C=O) groups is 3. The highest BCUT2D eigenvalue weighted by atomic mass is 32.2. The van der Waals surface area contributed by atoms with E-state index in [1.54, 1.807) is 59.5 Å². The molecule has 0 radical (unpaired) electrons. The molecule has 1 aromatic heterocycles. The minimum absolute atomic E-state index is 0.0543. The average molecular weight is 512 g/mol. The first-order chi connectivity index (χ1) is 16.8. The monoisotopic (exact) mass is 511 g/mol. The van der Waals surface area contributed by atoms with Crippen LogP contribution in [0.2, 0.25) is 0 Å². The molecule has 8 nitrogen and oxygen atoms in total. The average Bonchev–Trinajstić information content (AvgIpc) is 3.42.